The highest BCUT2D eigenvalue weighted by Gasteiger charge is 2.39. The second-order valence-corrected chi connectivity index (χ2v) is 49.8. The van der Waals surface area contributed by atoms with E-state index in [0.717, 1.165) is 106 Å². The number of allylic oxidation sites excluding steroid dienone is 7. The molecule has 2 rings (SSSR count). The number of aliphatic hydroxyl groups is 3. The summed E-state index contributed by atoms with van der Waals surface area (Å²) in [4.78, 5) is 73.1. The van der Waals surface area contributed by atoms with Gasteiger partial charge in [-0.05, 0) is 360 Å². The molecule has 0 bridgehead atoms. The number of ether oxygens (including phenoxy) is 2. The van der Waals surface area contributed by atoms with Crippen LogP contribution in [0, 0.1) is 50.2 Å². The predicted octanol–water partition coefficient (Wildman–Crippen LogP) is 35.1. The summed E-state index contributed by atoms with van der Waals surface area (Å²) < 4.78 is 11.5. The van der Waals surface area contributed by atoms with E-state index in [0.29, 0.717) is 63.3 Å². The van der Waals surface area contributed by atoms with Crippen molar-refractivity contribution in [3.8, 4) is 0 Å². The van der Waals surface area contributed by atoms with Gasteiger partial charge in [0.15, 0.2) is 0 Å². The van der Waals surface area contributed by atoms with E-state index in [9.17, 15) is 44.1 Å². The highest BCUT2D eigenvalue weighted by atomic mass is 16.5. The van der Waals surface area contributed by atoms with Crippen molar-refractivity contribution >= 4 is 51.8 Å². The number of hydrogen-bond donors (Lipinski definition) is 3. The molecule has 0 spiro atoms. The number of carbonyl (C=O) groups excluding carboxylic acids is 6. The number of aliphatic imine (C=N–C) groups is 3. The summed E-state index contributed by atoms with van der Waals surface area (Å²) in [6.07, 6.45) is 38.6. The summed E-state index contributed by atoms with van der Waals surface area (Å²) >= 11 is 0. The average Bonchev–Trinajstić information content (AvgIpc) is 1.61. The molecule has 2 aliphatic rings. The summed E-state index contributed by atoms with van der Waals surface area (Å²) in [5.74, 6) is 3.67. The fourth-order valence-electron chi connectivity index (χ4n) is 10.4. The zero-order chi connectivity index (χ0) is 108. The number of rotatable bonds is 30. The molecular weight excluding hydrogens is 1640 g/mol. The Kier molecular flexibility index (Phi) is 101. The van der Waals surface area contributed by atoms with E-state index < -0.39 is 11.2 Å². The minimum absolute atomic E-state index is 0.0116. The van der Waals surface area contributed by atoms with Crippen LogP contribution in [0.3, 0.4) is 0 Å². The zero-order valence-corrected chi connectivity index (χ0v) is 99.5. The van der Waals surface area contributed by atoms with Crippen molar-refractivity contribution in [3.05, 3.63) is 59.3 Å². The summed E-state index contributed by atoms with van der Waals surface area (Å²) in [6.45, 7) is 113. The number of Topliss-reactive ketones (excluding diaryl/α,β-unsaturated/α-hetero) is 6. The quantitative estimate of drug-likeness (QED) is 0.0454. The molecule has 2 fully saturated rings. The fraction of sp³-hybridized carbons (Fsp3) is 0.839. The SMILES string of the molecule is C=C(C)C(O)CCC(C)(C)C.CC(=O)CCC(C)(C)C.CC(=O)CCC(C)=O.CC(=O)CCC=C(C)C.CC(=O)CCCC(C)C.CC(C)(C)C.CC(C)(O)/C=C/CC(C)(C)C.CC(C)=CCCC(C)(C)C.CC(C)=O.CC(C)CCCC(C)(C)C.CC1(C)CCC(C(C)(C)O)O1.CC1(C)CCCC(C)(C)O1.CN=C(C)C.CN=C(C)CCC=C(C)C.CN=C(C)CCCC(C)C. The molecule has 0 aromatic carbocycles. The van der Waals surface area contributed by atoms with Crippen molar-refractivity contribution in [3.63, 3.8) is 0 Å². The lowest BCUT2D eigenvalue weighted by molar-refractivity contribution is -0.155. The van der Waals surface area contributed by atoms with Crippen LogP contribution in [0.2, 0.25) is 0 Å². The number of carbonyl (C=O) groups is 6. The first-order valence-electron chi connectivity index (χ1n) is 50.7. The first-order valence-corrected chi connectivity index (χ1v) is 50.7. The molecule has 2 unspecified atom stereocenters. The Balaban J connectivity index is -0.000000105. The van der Waals surface area contributed by atoms with Crippen LogP contribution >= 0.6 is 0 Å². The maximum absolute atomic E-state index is 10.5. The standard InChI is InChI=1S/2C10H20O.C10H22.C10H20.C9H19N.C9H17N.C9H18O2.C9H18O.2C8H16O.C8H14O.C6H10O2.C5H12.C4H9N.C3H6O/c1-9(2,3)7-6-8-10(4,5)11;1-8(2)9(11)6-7-10(3,4)5;2*1-9(2)7-6-8-10(3,4)5;2*1-8(2)6-5-7-9(3)10-4;1-8(2)6-5-7(11-8)9(3,4)10;1-8(2)6-5-7-9(3,4)10-8;1-7(9)5-6-8(2,3)4;2*1-7(2)5-4-6-8(3)9;1-5(7)3-4-6(2)8;1-5(2,3)4;1-4(2)5-3;1-3(2)4/h6,8,11H,7H2,1-5H3;9,11H,1,6-7H2,2-5H3;9H,6-8H2,1-5H3;7H,6,8H2,1-5H3;8H,5-7H2,1-4H3;6H,5,7H2,1-4H3;7,10H,5-6H2,1-4H3;5-7H2,1-4H3;5-6H2,1-4H3;7H,4-6H2,1-3H3;5H,4,6H2,1-3H3;3-4H2,1-2H3;1-4H3;1-3H3;1-2H3/b8-6+;;;;;;;;;;;;;;. The Labute approximate surface area is 826 Å². The molecule has 2 aliphatic heterocycles. The van der Waals surface area contributed by atoms with Gasteiger partial charge in [0.1, 0.15) is 34.7 Å². The molecule has 2 atom stereocenters. The van der Waals surface area contributed by atoms with Crippen LogP contribution in [0.1, 0.15) is 540 Å². The molecule has 0 radical (unpaired) electrons. The Morgan fingerprint density at radius 3 is 0.932 bits per heavy atom. The van der Waals surface area contributed by atoms with Crippen molar-refractivity contribution in [2.75, 3.05) is 21.1 Å². The third-order valence-electron chi connectivity index (χ3n) is 18.5. The molecule has 0 amide bonds. The molecule has 2 heterocycles. The lowest BCUT2D eigenvalue weighted by Crippen LogP contribution is -2.41. The van der Waals surface area contributed by atoms with Crippen molar-refractivity contribution in [2.45, 2.75) is 581 Å². The van der Waals surface area contributed by atoms with E-state index in [1.54, 1.807) is 55.5 Å². The van der Waals surface area contributed by atoms with E-state index in [1.807, 2.05) is 60.9 Å². The normalized spacial score (nSPS) is 14.4. The lowest BCUT2D eigenvalue weighted by Gasteiger charge is -2.41. The summed E-state index contributed by atoms with van der Waals surface area (Å²) in [6, 6.07) is 0. The molecule has 0 aromatic rings. The van der Waals surface area contributed by atoms with Gasteiger partial charge >= 0.3 is 0 Å². The average molecular weight is 1870 g/mol. The largest absolute Gasteiger partial charge is 0.389 e. The lowest BCUT2D eigenvalue weighted by atomic mass is 9.88. The smallest absolute Gasteiger partial charge is 0.130 e. The first kappa shape index (κ1) is 156. The molecule has 14 nitrogen and oxygen atoms in total. The van der Waals surface area contributed by atoms with Gasteiger partial charge in [0.2, 0.25) is 0 Å². The van der Waals surface area contributed by atoms with Crippen molar-refractivity contribution < 1.29 is 53.6 Å². The summed E-state index contributed by atoms with van der Waals surface area (Å²) in [5, 5.41) is 28.3. The van der Waals surface area contributed by atoms with Crippen LogP contribution in [-0.4, -0.2) is 129 Å². The van der Waals surface area contributed by atoms with Gasteiger partial charge in [-0.25, -0.2) is 0 Å². The fourth-order valence-corrected chi connectivity index (χ4v) is 10.4. The van der Waals surface area contributed by atoms with Gasteiger partial charge in [0.25, 0.3) is 0 Å². The Morgan fingerprint density at radius 2 is 0.705 bits per heavy atom. The molecule has 790 valence electrons. The first-order chi connectivity index (χ1) is 58.7. The van der Waals surface area contributed by atoms with Crippen LogP contribution < -0.4 is 0 Å². The molecule has 2 saturated heterocycles. The third kappa shape index (κ3) is 197. The number of ketones is 6. The van der Waals surface area contributed by atoms with Crippen LogP contribution in [-0.2, 0) is 38.2 Å². The molecule has 0 aromatic heterocycles. The van der Waals surface area contributed by atoms with Crippen LogP contribution in [0.5, 0.6) is 0 Å². The summed E-state index contributed by atoms with van der Waals surface area (Å²) in [5.41, 5.74) is 9.94. The molecule has 3 N–H and O–H groups in total. The van der Waals surface area contributed by atoms with Gasteiger partial charge in [0, 0.05) is 70.4 Å². The van der Waals surface area contributed by atoms with E-state index in [-0.39, 0.29) is 52.1 Å². The van der Waals surface area contributed by atoms with Crippen molar-refractivity contribution in [1.29, 1.82) is 0 Å². The van der Waals surface area contributed by atoms with Crippen LogP contribution in [0.25, 0.3) is 0 Å². The summed E-state index contributed by atoms with van der Waals surface area (Å²) in [7, 11) is 5.50. The van der Waals surface area contributed by atoms with Gasteiger partial charge in [0.05, 0.1) is 40.2 Å². The predicted molar refractivity (Wildman–Crippen MR) is 593 cm³/mol. The van der Waals surface area contributed by atoms with Crippen molar-refractivity contribution in [1.82, 2.24) is 0 Å². The van der Waals surface area contributed by atoms with Crippen LogP contribution in [0.4, 0.5) is 0 Å². The Hall–Kier alpha value is -4.47. The highest BCUT2D eigenvalue weighted by Crippen LogP contribution is 2.36. The van der Waals surface area contributed by atoms with E-state index >= 15 is 0 Å². The Bertz CT molecular complexity index is 3010. The zero-order valence-electron chi connectivity index (χ0n) is 99.5. The van der Waals surface area contributed by atoms with Gasteiger partial charge in [-0.2, -0.15) is 0 Å². The van der Waals surface area contributed by atoms with E-state index in [2.05, 4.69) is 296 Å². The molecule has 132 heavy (non-hydrogen) atoms. The van der Waals surface area contributed by atoms with Gasteiger partial charge in [-0.1, -0.05) is 258 Å². The molecule has 0 saturated carbocycles. The molecular formula is C118H237N3O11. The maximum Gasteiger partial charge on any atom is 0.130 e. The number of nitrogens with zero attached hydrogens (tertiary/aromatic N) is 3. The highest BCUT2D eigenvalue weighted by molar-refractivity contribution is 5.83. The maximum atomic E-state index is 10.5. The third-order valence-corrected chi connectivity index (χ3v) is 18.5. The second kappa shape index (κ2) is 85.7. The topological polar surface area (TPSA) is 219 Å². The van der Waals surface area contributed by atoms with Gasteiger partial charge in [-0.15, -0.1) is 0 Å². The minimum Gasteiger partial charge on any atom is -0.389 e. The van der Waals surface area contributed by atoms with Gasteiger partial charge < -0.3 is 53.6 Å². The van der Waals surface area contributed by atoms with E-state index in [1.165, 1.54) is 133 Å². The minimum atomic E-state index is -0.687. The van der Waals surface area contributed by atoms with Crippen molar-refractivity contribution in [2.24, 2.45) is 65.2 Å². The monoisotopic (exact) mass is 1870 g/mol. The van der Waals surface area contributed by atoms with E-state index in [4.69, 9.17) is 9.47 Å². The molecule has 0 aliphatic carbocycles. The number of aliphatic hydroxyl groups excluding tert-OH is 1. The Morgan fingerprint density at radius 1 is 0.394 bits per heavy atom. The number of hydrogen-bond acceptors (Lipinski definition) is 14. The van der Waals surface area contributed by atoms with Crippen LogP contribution in [0.15, 0.2) is 74.2 Å². The molecule has 14 heteroatoms. The second-order valence-electron chi connectivity index (χ2n) is 49.8. The van der Waals surface area contributed by atoms with Gasteiger partial charge in [-0.3, -0.25) is 15.0 Å².